The first-order valence-electron chi connectivity index (χ1n) is 11.5. The van der Waals surface area contributed by atoms with Crippen molar-refractivity contribution in [2.45, 2.75) is 52.2 Å². The number of aliphatic carboxylic acids is 1. The molecule has 10 nitrogen and oxygen atoms in total. The Labute approximate surface area is 204 Å². The summed E-state index contributed by atoms with van der Waals surface area (Å²) >= 11 is 0. The number of aromatic nitrogens is 3. The van der Waals surface area contributed by atoms with Crippen molar-refractivity contribution >= 4 is 23.0 Å². The van der Waals surface area contributed by atoms with Gasteiger partial charge in [0.15, 0.2) is 5.65 Å². The average Bonchev–Trinajstić information content (AvgIpc) is 3.16. The zero-order valence-corrected chi connectivity index (χ0v) is 20.7. The Hall–Kier alpha value is -3.66. The lowest BCUT2D eigenvalue weighted by Gasteiger charge is -2.55. The first-order valence-corrected chi connectivity index (χ1v) is 11.5. The molecule has 0 atom stereocenters. The number of aryl methyl sites for hydroxylation is 1. The second kappa shape index (κ2) is 8.84. The van der Waals surface area contributed by atoms with Crippen molar-refractivity contribution in [3.8, 4) is 17.0 Å². The average molecular weight is 481 g/mol. The fourth-order valence-electron chi connectivity index (χ4n) is 4.72. The van der Waals surface area contributed by atoms with Crippen molar-refractivity contribution in [2.24, 2.45) is 0 Å². The number of amides is 2. The number of hydrogen-bond acceptors (Lipinski definition) is 6. The van der Waals surface area contributed by atoms with E-state index in [9.17, 15) is 14.7 Å². The van der Waals surface area contributed by atoms with Crippen LogP contribution in [0.1, 0.15) is 39.0 Å². The van der Waals surface area contributed by atoms with Crippen LogP contribution in [0.5, 0.6) is 5.75 Å². The highest BCUT2D eigenvalue weighted by molar-refractivity contribution is 5.84. The molecule has 4 rings (SSSR count). The molecule has 2 aromatic heterocycles. The summed E-state index contributed by atoms with van der Waals surface area (Å²) < 4.78 is 0. The van der Waals surface area contributed by atoms with Gasteiger partial charge in [-0.15, -0.1) is 0 Å². The molecule has 35 heavy (non-hydrogen) atoms. The van der Waals surface area contributed by atoms with Crippen LogP contribution in [0.3, 0.4) is 0 Å². The van der Waals surface area contributed by atoms with Crippen LogP contribution in [0.25, 0.3) is 22.3 Å². The number of rotatable bonds is 5. The van der Waals surface area contributed by atoms with Crippen LogP contribution in [0.15, 0.2) is 30.3 Å². The van der Waals surface area contributed by atoms with Crippen LogP contribution in [0.4, 0.5) is 4.79 Å². The number of carbonyl (C=O) groups excluding carboxylic acids is 1. The molecule has 2 amide bonds. The van der Waals surface area contributed by atoms with E-state index in [1.165, 1.54) is 0 Å². The molecule has 0 unspecified atom stereocenters. The Kier molecular flexibility index (Phi) is 6.18. The summed E-state index contributed by atoms with van der Waals surface area (Å²) in [6, 6.07) is 8.62. The van der Waals surface area contributed by atoms with E-state index in [1.807, 2.05) is 32.9 Å². The highest BCUT2D eigenvalue weighted by Gasteiger charge is 2.45. The predicted molar refractivity (Wildman–Crippen MR) is 132 cm³/mol. The van der Waals surface area contributed by atoms with E-state index in [1.54, 1.807) is 17.0 Å². The van der Waals surface area contributed by atoms with Gasteiger partial charge in [-0.2, -0.15) is 5.10 Å². The Morgan fingerprint density at radius 2 is 1.80 bits per heavy atom. The lowest BCUT2D eigenvalue weighted by molar-refractivity contribution is -0.135. The van der Waals surface area contributed by atoms with E-state index < -0.39 is 18.1 Å². The molecule has 0 aliphatic carbocycles. The number of H-pyrrole nitrogens is 1. The number of fused-ring (bicyclic) bond motifs is 1. The van der Waals surface area contributed by atoms with Gasteiger partial charge in [-0.1, -0.05) is 0 Å². The minimum atomic E-state index is -1.07. The van der Waals surface area contributed by atoms with Gasteiger partial charge in [0.25, 0.3) is 0 Å². The SMILES string of the molecule is Cc1n[nH]c2nc(-c3ccc(O)cc3)cc(CN3CC(C)(C)N(C(=O)NCC(=O)O)CC3(C)C)c12. The molecular weight excluding hydrogens is 448 g/mol. The van der Waals surface area contributed by atoms with Gasteiger partial charge in [0, 0.05) is 36.1 Å². The largest absolute Gasteiger partial charge is 0.508 e. The lowest BCUT2D eigenvalue weighted by Crippen LogP contribution is -2.69. The van der Waals surface area contributed by atoms with Crippen LogP contribution < -0.4 is 5.32 Å². The van der Waals surface area contributed by atoms with E-state index in [0.717, 1.165) is 27.9 Å². The first kappa shape index (κ1) is 24.5. The minimum absolute atomic E-state index is 0.196. The summed E-state index contributed by atoms with van der Waals surface area (Å²) in [6.07, 6.45) is 0. The summed E-state index contributed by atoms with van der Waals surface area (Å²) in [5, 5.41) is 29.5. The van der Waals surface area contributed by atoms with Crippen molar-refractivity contribution in [1.29, 1.82) is 0 Å². The number of piperazine rings is 1. The number of phenols is 1. The number of aromatic hydroxyl groups is 1. The topological polar surface area (TPSA) is 135 Å². The van der Waals surface area contributed by atoms with Crippen LogP contribution in [0.2, 0.25) is 0 Å². The summed E-state index contributed by atoms with van der Waals surface area (Å²) in [7, 11) is 0. The van der Waals surface area contributed by atoms with E-state index in [4.69, 9.17) is 10.1 Å². The number of benzene rings is 1. The molecule has 186 valence electrons. The van der Waals surface area contributed by atoms with Crippen molar-refractivity contribution < 1.29 is 19.8 Å². The number of pyridine rings is 1. The van der Waals surface area contributed by atoms with Gasteiger partial charge in [-0.3, -0.25) is 14.8 Å². The van der Waals surface area contributed by atoms with Crippen molar-refractivity contribution in [2.75, 3.05) is 19.6 Å². The summed E-state index contributed by atoms with van der Waals surface area (Å²) in [5.41, 5.74) is 3.40. The number of hydrogen-bond donors (Lipinski definition) is 4. The molecule has 0 spiro atoms. The number of carbonyl (C=O) groups is 2. The lowest BCUT2D eigenvalue weighted by atomic mass is 9.88. The van der Waals surface area contributed by atoms with Gasteiger partial charge in [0.1, 0.15) is 12.3 Å². The normalized spacial score (nSPS) is 17.5. The number of carboxylic acid groups (broad SMARTS) is 1. The maximum absolute atomic E-state index is 12.8. The van der Waals surface area contributed by atoms with Crippen LogP contribution in [0, 0.1) is 6.92 Å². The first-order chi connectivity index (χ1) is 16.4. The van der Waals surface area contributed by atoms with Crippen LogP contribution in [-0.2, 0) is 11.3 Å². The molecule has 1 fully saturated rings. The summed E-state index contributed by atoms with van der Waals surface area (Å²) in [4.78, 5) is 32.5. The van der Waals surface area contributed by atoms with Gasteiger partial charge >= 0.3 is 12.0 Å². The minimum Gasteiger partial charge on any atom is -0.508 e. The number of nitrogens with zero attached hydrogens (tertiary/aromatic N) is 4. The van der Waals surface area contributed by atoms with Crippen molar-refractivity contribution in [3.63, 3.8) is 0 Å². The number of urea groups is 1. The molecule has 1 saturated heterocycles. The molecule has 10 heteroatoms. The smallest absolute Gasteiger partial charge is 0.323 e. The quantitative estimate of drug-likeness (QED) is 0.441. The third-order valence-corrected chi connectivity index (χ3v) is 6.66. The van der Waals surface area contributed by atoms with E-state index in [0.29, 0.717) is 25.3 Å². The number of nitrogens with one attached hydrogen (secondary N) is 2. The van der Waals surface area contributed by atoms with Gasteiger partial charge in [-0.05, 0) is 70.5 Å². The fraction of sp³-hybridized carbons (Fsp3) is 0.440. The van der Waals surface area contributed by atoms with Crippen LogP contribution >= 0.6 is 0 Å². The molecule has 1 aromatic carbocycles. The summed E-state index contributed by atoms with van der Waals surface area (Å²) in [6.45, 7) is 11.3. The molecule has 3 heterocycles. The zero-order chi connectivity index (χ0) is 25.5. The molecule has 0 radical (unpaired) electrons. The van der Waals surface area contributed by atoms with E-state index in [2.05, 4.69) is 40.3 Å². The molecule has 1 aliphatic heterocycles. The number of aromatic amines is 1. The van der Waals surface area contributed by atoms with Gasteiger partial charge in [-0.25, -0.2) is 9.78 Å². The Balaban J connectivity index is 1.66. The molecular formula is C25H32N6O4. The second-order valence-corrected chi connectivity index (χ2v) is 10.4. The monoisotopic (exact) mass is 480 g/mol. The third-order valence-electron chi connectivity index (χ3n) is 6.66. The van der Waals surface area contributed by atoms with Crippen molar-refractivity contribution in [3.05, 3.63) is 41.6 Å². The molecule has 0 saturated carbocycles. The maximum atomic E-state index is 12.8. The highest BCUT2D eigenvalue weighted by atomic mass is 16.4. The predicted octanol–water partition coefficient (Wildman–Crippen LogP) is 3.11. The van der Waals surface area contributed by atoms with Gasteiger partial charge in [0.2, 0.25) is 0 Å². The molecule has 1 aliphatic rings. The Morgan fingerprint density at radius 1 is 1.11 bits per heavy atom. The van der Waals surface area contributed by atoms with Crippen molar-refractivity contribution in [1.82, 2.24) is 30.3 Å². The fourth-order valence-corrected chi connectivity index (χ4v) is 4.72. The maximum Gasteiger partial charge on any atom is 0.323 e. The third kappa shape index (κ3) is 4.93. The zero-order valence-electron chi connectivity index (χ0n) is 20.7. The van der Waals surface area contributed by atoms with Gasteiger partial charge < -0.3 is 20.4 Å². The highest BCUT2D eigenvalue weighted by Crippen LogP contribution is 2.34. The van der Waals surface area contributed by atoms with E-state index >= 15 is 0 Å². The summed E-state index contributed by atoms with van der Waals surface area (Å²) in [5.74, 6) is -0.877. The number of carboxylic acids is 1. The number of phenolic OH excluding ortho intramolecular Hbond substituents is 1. The molecule has 4 N–H and O–H groups in total. The molecule has 0 bridgehead atoms. The standard InChI is InChI=1S/C25H32N6O4/c1-15-21-17(10-19(27-22(21)29-28-15)16-6-8-18(32)9-7-16)12-30-13-25(4,5)31(14-24(30,2)3)23(35)26-11-20(33)34/h6-10,32H,11-14H2,1-5H3,(H,26,35)(H,33,34)(H,27,28,29). The Morgan fingerprint density at radius 3 is 2.46 bits per heavy atom. The van der Waals surface area contributed by atoms with Crippen LogP contribution in [-0.4, -0.2) is 77.9 Å². The second-order valence-electron chi connectivity index (χ2n) is 10.4. The van der Waals surface area contributed by atoms with Gasteiger partial charge in [0.05, 0.1) is 16.9 Å². The van der Waals surface area contributed by atoms with E-state index in [-0.39, 0.29) is 17.3 Å². The Bertz CT molecular complexity index is 1260. The molecule has 3 aromatic rings.